The van der Waals surface area contributed by atoms with E-state index in [4.69, 9.17) is 14.2 Å². The van der Waals surface area contributed by atoms with Crippen LogP contribution in [0.3, 0.4) is 0 Å². The van der Waals surface area contributed by atoms with Crippen molar-refractivity contribution in [2.45, 2.75) is 72.0 Å². The molecule has 1 fully saturated rings. The van der Waals surface area contributed by atoms with Gasteiger partial charge in [0.1, 0.15) is 11.5 Å². The number of carbonyl (C=O) groups excluding carboxylic acids is 2. The van der Waals surface area contributed by atoms with Crippen molar-refractivity contribution in [3.05, 3.63) is 58.7 Å². The Balaban J connectivity index is 1.74. The average molecular weight is 439 g/mol. The number of Topliss-reactive ketones (excluding diaryl/α,β-unsaturated/α-hetero) is 1. The molecule has 0 saturated heterocycles. The summed E-state index contributed by atoms with van der Waals surface area (Å²) in [7, 11) is 1.40. The normalized spacial score (nSPS) is 14.0. The summed E-state index contributed by atoms with van der Waals surface area (Å²) in [6.07, 6.45) is 4.89. The van der Waals surface area contributed by atoms with E-state index in [1.165, 1.54) is 7.11 Å². The first-order valence-corrected chi connectivity index (χ1v) is 11.6. The maximum absolute atomic E-state index is 12.9. The van der Waals surface area contributed by atoms with Gasteiger partial charge in [-0.2, -0.15) is 0 Å². The summed E-state index contributed by atoms with van der Waals surface area (Å²) >= 11 is 0. The first-order chi connectivity index (χ1) is 15.4. The SMILES string of the molecule is CCC[C@H](Oc1ccc(CCC(=O)OC)c(C)c1)Oc1ccc(CC)cc1C(=O)C1CC1. The molecule has 1 saturated carbocycles. The summed E-state index contributed by atoms with van der Waals surface area (Å²) < 4.78 is 17.2. The van der Waals surface area contributed by atoms with E-state index in [0.29, 0.717) is 36.3 Å². The van der Waals surface area contributed by atoms with Crippen molar-refractivity contribution in [1.29, 1.82) is 0 Å². The third kappa shape index (κ3) is 6.35. The minimum absolute atomic E-state index is 0.134. The Labute approximate surface area is 191 Å². The van der Waals surface area contributed by atoms with Gasteiger partial charge < -0.3 is 14.2 Å². The molecular formula is C27H34O5. The lowest BCUT2D eigenvalue weighted by molar-refractivity contribution is -0.140. The van der Waals surface area contributed by atoms with Gasteiger partial charge in [-0.3, -0.25) is 9.59 Å². The first-order valence-electron chi connectivity index (χ1n) is 11.6. The van der Waals surface area contributed by atoms with Crippen molar-refractivity contribution in [2.24, 2.45) is 5.92 Å². The van der Waals surface area contributed by atoms with E-state index in [9.17, 15) is 9.59 Å². The summed E-state index contributed by atoms with van der Waals surface area (Å²) in [5, 5.41) is 0. The molecule has 0 N–H and O–H groups in total. The Bertz CT molecular complexity index is 945. The van der Waals surface area contributed by atoms with E-state index in [-0.39, 0.29) is 17.7 Å². The molecule has 0 heterocycles. The number of carbonyl (C=O) groups is 2. The Hall–Kier alpha value is -2.82. The van der Waals surface area contributed by atoms with Crippen molar-refractivity contribution in [3.8, 4) is 11.5 Å². The van der Waals surface area contributed by atoms with Gasteiger partial charge in [0, 0.05) is 18.8 Å². The average Bonchev–Trinajstić information content (AvgIpc) is 3.63. The second kappa shape index (κ2) is 11.2. The van der Waals surface area contributed by atoms with Crippen LogP contribution in [0.15, 0.2) is 36.4 Å². The van der Waals surface area contributed by atoms with Crippen molar-refractivity contribution >= 4 is 11.8 Å². The highest BCUT2D eigenvalue weighted by Crippen LogP contribution is 2.36. The Kier molecular flexibility index (Phi) is 8.32. The largest absolute Gasteiger partial charge is 0.469 e. The summed E-state index contributed by atoms with van der Waals surface area (Å²) in [6.45, 7) is 6.17. The Morgan fingerprint density at radius 3 is 2.47 bits per heavy atom. The predicted octanol–water partition coefficient (Wildman–Crippen LogP) is 5.84. The molecule has 1 atom stereocenters. The molecule has 0 aliphatic heterocycles. The fourth-order valence-electron chi connectivity index (χ4n) is 3.69. The van der Waals surface area contributed by atoms with E-state index < -0.39 is 6.29 Å². The zero-order valence-electron chi connectivity index (χ0n) is 19.6. The number of hydrogen-bond donors (Lipinski definition) is 0. The number of esters is 1. The van der Waals surface area contributed by atoms with Crippen LogP contribution in [0.4, 0.5) is 0 Å². The number of hydrogen-bond acceptors (Lipinski definition) is 5. The van der Waals surface area contributed by atoms with Gasteiger partial charge in [-0.25, -0.2) is 0 Å². The molecule has 5 heteroatoms. The van der Waals surface area contributed by atoms with Gasteiger partial charge in [-0.15, -0.1) is 0 Å². The fraction of sp³-hybridized carbons (Fsp3) is 0.481. The van der Waals surface area contributed by atoms with E-state index >= 15 is 0 Å². The van der Waals surface area contributed by atoms with Crippen LogP contribution in [0.25, 0.3) is 0 Å². The molecule has 0 bridgehead atoms. The maximum atomic E-state index is 12.9. The maximum Gasteiger partial charge on any atom is 0.305 e. The summed E-state index contributed by atoms with van der Waals surface area (Å²) in [4.78, 5) is 24.3. The van der Waals surface area contributed by atoms with E-state index in [2.05, 4.69) is 13.8 Å². The van der Waals surface area contributed by atoms with Crippen molar-refractivity contribution in [3.63, 3.8) is 0 Å². The van der Waals surface area contributed by atoms with Crippen LogP contribution in [0.5, 0.6) is 11.5 Å². The molecule has 0 amide bonds. The van der Waals surface area contributed by atoms with Crippen LogP contribution >= 0.6 is 0 Å². The number of aryl methyl sites for hydroxylation is 3. The van der Waals surface area contributed by atoms with E-state index in [1.807, 2.05) is 43.3 Å². The minimum atomic E-state index is -0.487. The number of ketones is 1. The highest BCUT2D eigenvalue weighted by molar-refractivity contribution is 6.01. The highest BCUT2D eigenvalue weighted by Gasteiger charge is 2.32. The molecule has 172 valence electrons. The third-order valence-electron chi connectivity index (χ3n) is 5.86. The van der Waals surface area contributed by atoms with Crippen LogP contribution in [0, 0.1) is 12.8 Å². The quantitative estimate of drug-likeness (QED) is 0.237. The number of benzene rings is 2. The van der Waals surface area contributed by atoms with Crippen molar-refractivity contribution in [1.82, 2.24) is 0 Å². The summed E-state index contributed by atoms with van der Waals surface area (Å²) in [6, 6.07) is 11.7. The molecule has 1 aliphatic carbocycles. The summed E-state index contributed by atoms with van der Waals surface area (Å²) in [5.41, 5.74) is 3.94. The molecule has 2 aromatic carbocycles. The van der Waals surface area contributed by atoms with E-state index in [1.54, 1.807) is 0 Å². The Morgan fingerprint density at radius 2 is 1.84 bits per heavy atom. The van der Waals surface area contributed by atoms with Crippen LogP contribution < -0.4 is 9.47 Å². The minimum Gasteiger partial charge on any atom is -0.469 e. The van der Waals surface area contributed by atoms with Crippen LogP contribution in [-0.4, -0.2) is 25.2 Å². The van der Waals surface area contributed by atoms with Crippen molar-refractivity contribution < 1.29 is 23.8 Å². The smallest absolute Gasteiger partial charge is 0.305 e. The monoisotopic (exact) mass is 438 g/mol. The Morgan fingerprint density at radius 1 is 1.06 bits per heavy atom. The zero-order chi connectivity index (χ0) is 23.1. The second-order valence-electron chi connectivity index (χ2n) is 8.44. The standard InChI is InChI=1S/C27H34O5/c1-5-7-26(31-22-13-11-20(18(3)16-22)12-15-25(28)30-4)32-24-14-8-19(6-2)17-23(24)27(29)21-9-10-21/h8,11,13-14,16-17,21,26H,5-7,9-10,12,15H2,1-4H3/t26-/m1/s1. The summed E-state index contributed by atoms with van der Waals surface area (Å²) in [5.74, 6) is 1.41. The molecular weight excluding hydrogens is 404 g/mol. The van der Waals surface area contributed by atoms with Gasteiger partial charge in [-0.1, -0.05) is 26.0 Å². The molecule has 1 aliphatic rings. The molecule has 0 unspecified atom stereocenters. The predicted molar refractivity (Wildman–Crippen MR) is 124 cm³/mol. The molecule has 2 aromatic rings. The lowest BCUT2D eigenvalue weighted by Gasteiger charge is -2.22. The third-order valence-corrected chi connectivity index (χ3v) is 5.86. The number of rotatable bonds is 12. The topological polar surface area (TPSA) is 61.8 Å². The van der Waals surface area contributed by atoms with Gasteiger partial charge in [0.05, 0.1) is 12.7 Å². The molecule has 0 spiro atoms. The van der Waals surface area contributed by atoms with Crippen LogP contribution in [0.2, 0.25) is 0 Å². The molecule has 5 nitrogen and oxygen atoms in total. The number of ether oxygens (including phenoxy) is 3. The lowest BCUT2D eigenvalue weighted by Crippen LogP contribution is -2.25. The van der Waals surface area contributed by atoms with Crippen LogP contribution in [0.1, 0.15) is 73.0 Å². The highest BCUT2D eigenvalue weighted by atomic mass is 16.7. The lowest BCUT2D eigenvalue weighted by atomic mass is 10.0. The van der Waals surface area contributed by atoms with Crippen molar-refractivity contribution in [2.75, 3.05) is 7.11 Å². The molecule has 0 radical (unpaired) electrons. The second-order valence-corrected chi connectivity index (χ2v) is 8.44. The molecule has 0 aromatic heterocycles. The number of methoxy groups -OCH3 is 1. The molecule has 32 heavy (non-hydrogen) atoms. The molecule has 3 rings (SSSR count). The zero-order valence-corrected chi connectivity index (χ0v) is 19.6. The van der Waals surface area contributed by atoms with Gasteiger partial charge in [0.2, 0.25) is 6.29 Å². The fourth-order valence-corrected chi connectivity index (χ4v) is 3.69. The van der Waals surface area contributed by atoms with Gasteiger partial charge >= 0.3 is 5.97 Å². The van der Waals surface area contributed by atoms with Gasteiger partial charge in [-0.05, 0) is 80.0 Å². The van der Waals surface area contributed by atoms with Gasteiger partial charge in [0.15, 0.2) is 5.78 Å². The van der Waals surface area contributed by atoms with Gasteiger partial charge in [0.25, 0.3) is 0 Å². The van der Waals surface area contributed by atoms with Crippen LogP contribution in [-0.2, 0) is 22.4 Å². The van der Waals surface area contributed by atoms with E-state index in [0.717, 1.165) is 42.4 Å². The first kappa shape index (κ1) is 23.8.